The average Bonchev–Trinajstić information content (AvgIpc) is 2.69. The van der Waals surface area contributed by atoms with Crippen LogP contribution >= 0.6 is 0 Å². The van der Waals surface area contributed by atoms with E-state index in [1.165, 1.54) is 19.4 Å². The largest absolute Gasteiger partial charge is 0.379 e. The van der Waals surface area contributed by atoms with Gasteiger partial charge in [0.05, 0.1) is 5.60 Å². The lowest BCUT2D eigenvalue weighted by Gasteiger charge is -2.33. The minimum atomic E-state index is -0.0171. The van der Waals surface area contributed by atoms with Gasteiger partial charge in [-0.25, -0.2) is 0 Å². The molecule has 16 heavy (non-hydrogen) atoms. The van der Waals surface area contributed by atoms with E-state index in [1.54, 1.807) is 7.11 Å². The zero-order valence-corrected chi connectivity index (χ0v) is 11.5. The molecule has 3 nitrogen and oxygen atoms in total. The summed E-state index contributed by atoms with van der Waals surface area (Å²) in [7, 11) is 4.02. The van der Waals surface area contributed by atoms with Gasteiger partial charge in [0, 0.05) is 25.7 Å². The highest BCUT2D eigenvalue weighted by atomic mass is 16.5. The van der Waals surface area contributed by atoms with Crippen molar-refractivity contribution in [2.45, 2.75) is 57.7 Å². The van der Waals surface area contributed by atoms with Crippen LogP contribution < -0.4 is 5.32 Å². The summed E-state index contributed by atoms with van der Waals surface area (Å²) in [4.78, 5) is 2.45. The zero-order valence-electron chi connectivity index (χ0n) is 11.5. The van der Waals surface area contributed by atoms with Crippen LogP contribution in [0.5, 0.6) is 0 Å². The van der Waals surface area contributed by atoms with Crippen LogP contribution in [0.4, 0.5) is 0 Å². The highest BCUT2D eigenvalue weighted by molar-refractivity contribution is 4.81. The molecule has 0 aromatic heterocycles. The molecule has 2 atom stereocenters. The number of methoxy groups -OCH3 is 1. The van der Waals surface area contributed by atoms with Crippen LogP contribution in [0.15, 0.2) is 0 Å². The number of rotatable bonds is 6. The second kappa shape index (κ2) is 5.99. The lowest BCUT2D eigenvalue weighted by Crippen LogP contribution is -2.42. The van der Waals surface area contributed by atoms with Crippen molar-refractivity contribution in [2.24, 2.45) is 0 Å². The van der Waals surface area contributed by atoms with Gasteiger partial charge in [0.25, 0.3) is 0 Å². The van der Waals surface area contributed by atoms with E-state index in [-0.39, 0.29) is 5.60 Å². The maximum absolute atomic E-state index is 5.49. The highest BCUT2D eigenvalue weighted by Gasteiger charge is 2.24. The Morgan fingerprint density at radius 1 is 1.50 bits per heavy atom. The van der Waals surface area contributed by atoms with E-state index < -0.39 is 0 Å². The highest BCUT2D eigenvalue weighted by Crippen LogP contribution is 2.19. The Labute approximate surface area is 101 Å². The first kappa shape index (κ1) is 13.9. The van der Waals surface area contributed by atoms with Crippen LogP contribution in [0.1, 0.15) is 40.0 Å². The molecule has 1 heterocycles. The van der Waals surface area contributed by atoms with Gasteiger partial charge in [-0.3, -0.25) is 0 Å². The third-order valence-electron chi connectivity index (χ3n) is 3.76. The lowest BCUT2D eigenvalue weighted by molar-refractivity contribution is -0.00379. The van der Waals surface area contributed by atoms with Crippen molar-refractivity contribution in [1.29, 1.82) is 0 Å². The second-order valence-electron chi connectivity index (χ2n) is 5.75. The maximum atomic E-state index is 5.49. The minimum Gasteiger partial charge on any atom is -0.379 e. The predicted octanol–water partition coefficient (Wildman–Crippen LogP) is 1.87. The van der Waals surface area contributed by atoms with E-state index in [0.717, 1.165) is 13.0 Å². The number of hydrogen-bond donors (Lipinski definition) is 1. The van der Waals surface area contributed by atoms with Gasteiger partial charge in [-0.2, -0.15) is 0 Å². The Hall–Kier alpha value is -0.120. The summed E-state index contributed by atoms with van der Waals surface area (Å²) in [5.74, 6) is 0. The third kappa shape index (κ3) is 4.40. The summed E-state index contributed by atoms with van der Waals surface area (Å²) >= 11 is 0. The summed E-state index contributed by atoms with van der Waals surface area (Å²) in [5.41, 5.74) is -0.0171. The molecule has 0 radical (unpaired) electrons. The van der Waals surface area contributed by atoms with Crippen molar-refractivity contribution in [3.05, 3.63) is 0 Å². The zero-order chi connectivity index (χ0) is 12.2. The Kier molecular flexibility index (Phi) is 5.22. The molecule has 1 aliphatic heterocycles. The summed E-state index contributed by atoms with van der Waals surface area (Å²) < 4.78 is 5.49. The fraction of sp³-hybridized carbons (Fsp3) is 1.00. The number of ether oxygens (including phenoxy) is 1. The Morgan fingerprint density at radius 2 is 2.19 bits per heavy atom. The third-order valence-corrected chi connectivity index (χ3v) is 3.76. The number of hydrogen-bond acceptors (Lipinski definition) is 3. The topological polar surface area (TPSA) is 24.5 Å². The average molecular weight is 228 g/mol. The molecule has 1 aliphatic rings. The van der Waals surface area contributed by atoms with E-state index in [1.807, 2.05) is 0 Å². The van der Waals surface area contributed by atoms with Crippen molar-refractivity contribution in [3.8, 4) is 0 Å². The molecule has 3 heteroatoms. The SMILES string of the molecule is COC(C)(C)CC(C)N(C)CC1CCCN1. The number of nitrogens with zero attached hydrogens (tertiary/aromatic N) is 1. The van der Waals surface area contributed by atoms with Crippen molar-refractivity contribution < 1.29 is 4.74 Å². The lowest BCUT2D eigenvalue weighted by atomic mass is 9.98. The monoisotopic (exact) mass is 228 g/mol. The van der Waals surface area contributed by atoms with Crippen LogP contribution in [-0.2, 0) is 4.74 Å². The van der Waals surface area contributed by atoms with E-state index >= 15 is 0 Å². The van der Waals surface area contributed by atoms with Gasteiger partial charge >= 0.3 is 0 Å². The van der Waals surface area contributed by atoms with Crippen LogP contribution in [0.3, 0.4) is 0 Å². The van der Waals surface area contributed by atoms with Crippen molar-refractivity contribution >= 4 is 0 Å². The molecular formula is C13H28N2O. The van der Waals surface area contributed by atoms with E-state index in [9.17, 15) is 0 Å². The molecule has 0 bridgehead atoms. The first-order valence-electron chi connectivity index (χ1n) is 6.43. The molecule has 0 aliphatic carbocycles. The van der Waals surface area contributed by atoms with Gasteiger partial charge in [0.15, 0.2) is 0 Å². The molecule has 0 amide bonds. The van der Waals surface area contributed by atoms with Crippen LogP contribution in [0.25, 0.3) is 0 Å². The summed E-state index contributed by atoms with van der Waals surface area (Å²) in [6.45, 7) is 8.95. The Bertz CT molecular complexity index is 200. The predicted molar refractivity (Wildman–Crippen MR) is 68.8 cm³/mol. The quantitative estimate of drug-likeness (QED) is 0.751. The normalized spacial score (nSPS) is 24.0. The molecule has 0 aromatic carbocycles. The number of nitrogens with one attached hydrogen (secondary N) is 1. The fourth-order valence-electron chi connectivity index (χ4n) is 2.39. The first-order valence-corrected chi connectivity index (χ1v) is 6.43. The second-order valence-corrected chi connectivity index (χ2v) is 5.75. The van der Waals surface area contributed by atoms with E-state index in [2.05, 4.69) is 38.0 Å². The molecule has 1 fully saturated rings. The van der Waals surface area contributed by atoms with Gasteiger partial charge in [-0.1, -0.05) is 0 Å². The van der Waals surface area contributed by atoms with Gasteiger partial charge in [0.2, 0.25) is 0 Å². The standard InChI is InChI=1S/C13H28N2O/c1-11(9-13(2,3)16-5)15(4)10-12-7-6-8-14-12/h11-12,14H,6-10H2,1-5H3. The van der Waals surface area contributed by atoms with Crippen LogP contribution in [-0.4, -0.2) is 49.8 Å². The van der Waals surface area contributed by atoms with Gasteiger partial charge in [0.1, 0.15) is 0 Å². The van der Waals surface area contributed by atoms with E-state index in [0.29, 0.717) is 12.1 Å². The first-order chi connectivity index (χ1) is 7.44. The summed E-state index contributed by atoms with van der Waals surface area (Å²) in [5, 5.41) is 3.55. The summed E-state index contributed by atoms with van der Waals surface area (Å²) in [6.07, 6.45) is 3.73. The van der Waals surface area contributed by atoms with Gasteiger partial charge < -0.3 is 15.0 Å². The van der Waals surface area contributed by atoms with Crippen LogP contribution in [0, 0.1) is 0 Å². The summed E-state index contributed by atoms with van der Waals surface area (Å²) in [6, 6.07) is 1.26. The van der Waals surface area contributed by atoms with Crippen molar-refractivity contribution in [1.82, 2.24) is 10.2 Å². The molecule has 2 unspecified atom stereocenters. The molecule has 1 N–H and O–H groups in total. The molecular weight excluding hydrogens is 200 g/mol. The maximum Gasteiger partial charge on any atom is 0.0637 e. The van der Waals surface area contributed by atoms with Gasteiger partial charge in [-0.15, -0.1) is 0 Å². The van der Waals surface area contributed by atoms with Gasteiger partial charge in [-0.05, 0) is 53.6 Å². The smallest absolute Gasteiger partial charge is 0.0637 e. The number of likely N-dealkylation sites (N-methyl/N-ethyl adjacent to an activating group) is 1. The molecule has 1 saturated heterocycles. The molecule has 96 valence electrons. The molecule has 0 aromatic rings. The fourth-order valence-corrected chi connectivity index (χ4v) is 2.39. The molecule has 0 spiro atoms. The van der Waals surface area contributed by atoms with E-state index in [4.69, 9.17) is 4.74 Å². The van der Waals surface area contributed by atoms with Crippen molar-refractivity contribution in [2.75, 3.05) is 27.2 Å². The Morgan fingerprint density at radius 3 is 2.69 bits per heavy atom. The molecule has 1 rings (SSSR count). The molecule has 0 saturated carbocycles. The minimum absolute atomic E-state index is 0.0171. The van der Waals surface area contributed by atoms with Crippen molar-refractivity contribution in [3.63, 3.8) is 0 Å². The Balaban J connectivity index is 2.31. The van der Waals surface area contributed by atoms with Crippen LogP contribution in [0.2, 0.25) is 0 Å².